The fraction of sp³-hybridized carbons (Fsp3) is 0.0833. The molecule has 1 aromatic heterocycles. The van der Waals surface area contributed by atoms with E-state index in [9.17, 15) is 10.1 Å². The van der Waals surface area contributed by atoms with Crippen LogP contribution < -0.4 is 5.73 Å². The van der Waals surface area contributed by atoms with E-state index in [-0.39, 0.29) is 22.4 Å². The number of amidine groups is 1. The van der Waals surface area contributed by atoms with Crippen molar-refractivity contribution in [1.82, 2.24) is 9.97 Å². The lowest BCUT2D eigenvalue weighted by atomic mass is 10.3. The molecule has 21 heavy (non-hydrogen) atoms. The van der Waals surface area contributed by atoms with Crippen LogP contribution in [0.3, 0.4) is 0 Å². The minimum atomic E-state index is -0.470. The van der Waals surface area contributed by atoms with Gasteiger partial charge in [0.05, 0.1) is 9.82 Å². The van der Waals surface area contributed by atoms with Crippen molar-refractivity contribution in [1.29, 1.82) is 0 Å². The summed E-state index contributed by atoms with van der Waals surface area (Å²) in [5.41, 5.74) is 6.33. The lowest BCUT2D eigenvalue weighted by Gasteiger charge is -2.05. The monoisotopic (exact) mass is 305 g/mol. The van der Waals surface area contributed by atoms with Gasteiger partial charge in [-0.3, -0.25) is 10.1 Å². The first-order chi connectivity index (χ1) is 10.0. The summed E-state index contributed by atoms with van der Waals surface area (Å²) in [6.45, 7) is 1.72. The topological polar surface area (TPSA) is 128 Å². The van der Waals surface area contributed by atoms with Crippen molar-refractivity contribution < 1.29 is 10.1 Å². The zero-order valence-electron chi connectivity index (χ0n) is 10.9. The molecule has 0 unspecified atom stereocenters. The number of hydrogen-bond acceptors (Lipinski definition) is 7. The number of aromatic nitrogens is 2. The third-order valence-corrected chi connectivity index (χ3v) is 3.40. The lowest BCUT2D eigenvalue weighted by molar-refractivity contribution is -0.387. The number of nitro groups is 1. The molecule has 0 aliphatic carbocycles. The molecule has 0 aliphatic rings. The van der Waals surface area contributed by atoms with Gasteiger partial charge in [-0.2, -0.15) is 0 Å². The van der Waals surface area contributed by atoms with Crippen LogP contribution in [0.4, 0.5) is 5.69 Å². The Bertz CT molecular complexity index is 720. The summed E-state index contributed by atoms with van der Waals surface area (Å²) in [7, 11) is 0. The molecule has 0 bridgehead atoms. The second kappa shape index (κ2) is 6.18. The van der Waals surface area contributed by atoms with Crippen molar-refractivity contribution in [3.8, 4) is 0 Å². The molecule has 0 spiro atoms. The Morgan fingerprint density at radius 3 is 2.81 bits per heavy atom. The molecule has 0 saturated carbocycles. The standard InChI is InChI=1S/C12H11N5O3S/c1-7-6-8(11(13)16-18)15-12(14-7)21-10-5-3-2-4-9(10)17(19)20/h2-6,18H,1H3,(H2,13,16). The number of para-hydroxylation sites is 1. The van der Waals surface area contributed by atoms with Gasteiger partial charge >= 0.3 is 0 Å². The predicted octanol–water partition coefficient (Wildman–Crippen LogP) is 1.94. The van der Waals surface area contributed by atoms with Crippen LogP contribution in [0.25, 0.3) is 0 Å². The van der Waals surface area contributed by atoms with Crippen LogP contribution in [0, 0.1) is 17.0 Å². The van der Waals surface area contributed by atoms with Gasteiger partial charge in [0.2, 0.25) is 0 Å². The maximum Gasteiger partial charge on any atom is 0.283 e. The van der Waals surface area contributed by atoms with Crippen molar-refractivity contribution in [3.63, 3.8) is 0 Å². The molecule has 9 heteroatoms. The highest BCUT2D eigenvalue weighted by Gasteiger charge is 2.16. The largest absolute Gasteiger partial charge is 0.409 e. The number of nitrogens with zero attached hydrogens (tertiary/aromatic N) is 4. The van der Waals surface area contributed by atoms with Crippen LogP contribution in [0.15, 0.2) is 45.5 Å². The first-order valence-corrected chi connectivity index (χ1v) is 6.57. The van der Waals surface area contributed by atoms with Crippen molar-refractivity contribution in [2.24, 2.45) is 10.9 Å². The average molecular weight is 305 g/mol. The SMILES string of the molecule is Cc1cc(/C(N)=N/O)nc(Sc2ccccc2[N+](=O)[O-])n1. The van der Waals surface area contributed by atoms with E-state index < -0.39 is 4.92 Å². The molecular weight excluding hydrogens is 294 g/mol. The van der Waals surface area contributed by atoms with Crippen molar-refractivity contribution in [3.05, 3.63) is 51.8 Å². The number of rotatable bonds is 4. The highest BCUT2D eigenvalue weighted by molar-refractivity contribution is 7.99. The van der Waals surface area contributed by atoms with Crippen LogP contribution in [0.2, 0.25) is 0 Å². The minimum absolute atomic E-state index is 0.0297. The maximum atomic E-state index is 11.0. The Morgan fingerprint density at radius 2 is 2.14 bits per heavy atom. The number of oxime groups is 1. The molecule has 0 aliphatic heterocycles. The van der Waals surface area contributed by atoms with E-state index in [0.29, 0.717) is 10.6 Å². The van der Waals surface area contributed by atoms with Gasteiger partial charge in [0.1, 0.15) is 5.69 Å². The lowest BCUT2D eigenvalue weighted by Crippen LogP contribution is -2.16. The Kier molecular flexibility index (Phi) is 4.33. The Hall–Kier alpha value is -2.68. The van der Waals surface area contributed by atoms with Crippen molar-refractivity contribution in [2.45, 2.75) is 17.0 Å². The predicted molar refractivity (Wildman–Crippen MR) is 76.5 cm³/mol. The number of aryl methyl sites for hydroxylation is 1. The Balaban J connectivity index is 2.41. The molecule has 8 nitrogen and oxygen atoms in total. The Labute approximate surface area is 123 Å². The van der Waals surface area contributed by atoms with Crippen LogP contribution in [0.1, 0.15) is 11.4 Å². The van der Waals surface area contributed by atoms with E-state index >= 15 is 0 Å². The summed E-state index contributed by atoms with van der Waals surface area (Å²) in [5, 5.41) is 22.8. The molecule has 0 fully saturated rings. The zero-order chi connectivity index (χ0) is 15.4. The normalized spacial score (nSPS) is 11.4. The number of nitro benzene ring substituents is 1. The van der Waals surface area contributed by atoms with Crippen LogP contribution >= 0.6 is 11.8 Å². The van der Waals surface area contributed by atoms with Gasteiger partial charge in [-0.1, -0.05) is 17.3 Å². The third kappa shape index (κ3) is 3.45. The summed E-state index contributed by atoms with van der Waals surface area (Å²) >= 11 is 1.04. The summed E-state index contributed by atoms with van der Waals surface area (Å²) in [5.74, 6) is -0.148. The van der Waals surface area contributed by atoms with Gasteiger partial charge in [0, 0.05) is 11.8 Å². The van der Waals surface area contributed by atoms with Crippen LogP contribution in [-0.2, 0) is 0 Å². The molecule has 0 radical (unpaired) electrons. The smallest absolute Gasteiger partial charge is 0.283 e. The van der Waals surface area contributed by atoms with E-state index in [0.717, 1.165) is 11.8 Å². The van der Waals surface area contributed by atoms with E-state index in [1.54, 1.807) is 31.2 Å². The van der Waals surface area contributed by atoms with Gasteiger partial charge < -0.3 is 10.9 Å². The van der Waals surface area contributed by atoms with Crippen molar-refractivity contribution in [2.75, 3.05) is 0 Å². The summed E-state index contributed by atoms with van der Waals surface area (Å²) < 4.78 is 0. The first-order valence-electron chi connectivity index (χ1n) is 5.76. The molecule has 2 rings (SSSR count). The zero-order valence-corrected chi connectivity index (χ0v) is 11.7. The van der Waals surface area contributed by atoms with Crippen LogP contribution in [0.5, 0.6) is 0 Å². The summed E-state index contributed by atoms with van der Waals surface area (Å²) in [6, 6.07) is 7.84. The van der Waals surface area contributed by atoms with E-state index in [1.807, 2.05) is 0 Å². The molecule has 1 heterocycles. The molecule has 108 valence electrons. The second-order valence-electron chi connectivity index (χ2n) is 3.99. The molecule has 0 atom stereocenters. The first kappa shape index (κ1) is 14.7. The van der Waals surface area contributed by atoms with E-state index in [1.165, 1.54) is 6.07 Å². The molecule has 1 aromatic carbocycles. The molecular formula is C12H11N5O3S. The number of benzene rings is 1. The van der Waals surface area contributed by atoms with Crippen molar-refractivity contribution >= 4 is 23.3 Å². The Morgan fingerprint density at radius 1 is 1.43 bits per heavy atom. The fourth-order valence-electron chi connectivity index (χ4n) is 1.56. The van der Waals surface area contributed by atoms with Gasteiger partial charge in [-0.15, -0.1) is 0 Å². The highest BCUT2D eigenvalue weighted by atomic mass is 32.2. The van der Waals surface area contributed by atoms with Gasteiger partial charge in [0.25, 0.3) is 5.69 Å². The van der Waals surface area contributed by atoms with Crippen LogP contribution in [-0.4, -0.2) is 25.9 Å². The molecule has 2 aromatic rings. The average Bonchev–Trinajstić information content (AvgIpc) is 2.46. The fourth-order valence-corrected chi connectivity index (χ4v) is 2.49. The van der Waals surface area contributed by atoms with E-state index in [4.69, 9.17) is 10.9 Å². The number of nitrogens with two attached hydrogens (primary N) is 1. The quantitative estimate of drug-likeness (QED) is 0.220. The van der Waals surface area contributed by atoms with Gasteiger partial charge in [-0.05, 0) is 30.8 Å². The summed E-state index contributed by atoms with van der Waals surface area (Å²) in [6.07, 6.45) is 0. The van der Waals surface area contributed by atoms with Gasteiger partial charge in [0.15, 0.2) is 11.0 Å². The second-order valence-corrected chi connectivity index (χ2v) is 5.00. The molecule has 3 N–H and O–H groups in total. The highest BCUT2D eigenvalue weighted by Crippen LogP contribution is 2.32. The molecule has 0 saturated heterocycles. The van der Waals surface area contributed by atoms with Gasteiger partial charge in [-0.25, -0.2) is 9.97 Å². The van der Waals surface area contributed by atoms with E-state index in [2.05, 4.69) is 15.1 Å². The third-order valence-electron chi connectivity index (χ3n) is 2.47. The summed E-state index contributed by atoms with van der Waals surface area (Å²) in [4.78, 5) is 19.2. The molecule has 0 amide bonds. The maximum absolute atomic E-state index is 11.0. The number of hydrogen-bond donors (Lipinski definition) is 2. The minimum Gasteiger partial charge on any atom is -0.409 e.